The van der Waals surface area contributed by atoms with Crippen molar-refractivity contribution in [1.82, 2.24) is 0 Å². The van der Waals surface area contributed by atoms with Gasteiger partial charge in [-0.15, -0.1) is 0 Å². The molecular weight excluding hydrogens is 468 g/mol. The van der Waals surface area contributed by atoms with Crippen LogP contribution in [-0.2, 0) is 16.0 Å². The van der Waals surface area contributed by atoms with E-state index in [2.05, 4.69) is 21.2 Å². The van der Waals surface area contributed by atoms with E-state index in [1.807, 2.05) is 78.9 Å². The average molecular weight is 493 g/mol. The molecule has 2 N–H and O–H groups in total. The monoisotopic (exact) mass is 492 g/mol. The van der Waals surface area contributed by atoms with Crippen LogP contribution in [0.4, 0.5) is 11.4 Å². The largest absolute Gasteiger partial charge is 0.388 e. The first-order chi connectivity index (χ1) is 15.5. The smallest absolute Gasteiger partial charge is 0.229 e. The number of benzene rings is 3. The maximum absolute atomic E-state index is 12.7. The molecule has 0 saturated carbocycles. The van der Waals surface area contributed by atoms with Gasteiger partial charge in [-0.25, -0.2) is 0 Å². The number of hydrogen-bond acceptors (Lipinski definition) is 3. The van der Waals surface area contributed by atoms with E-state index in [-0.39, 0.29) is 18.2 Å². The van der Waals surface area contributed by atoms with Crippen LogP contribution in [0, 0.1) is 5.92 Å². The molecule has 1 saturated heterocycles. The third-order valence-electron chi connectivity index (χ3n) is 5.75. The molecule has 0 bridgehead atoms. The number of rotatable bonds is 7. The number of aliphatic hydroxyl groups is 1. The molecule has 1 heterocycles. The third kappa shape index (κ3) is 5.26. The molecule has 1 aliphatic rings. The Balaban J connectivity index is 1.31. The second-order valence-electron chi connectivity index (χ2n) is 8.01. The van der Waals surface area contributed by atoms with Crippen molar-refractivity contribution in [3.63, 3.8) is 0 Å². The van der Waals surface area contributed by atoms with Gasteiger partial charge in [0, 0.05) is 23.1 Å². The Morgan fingerprint density at radius 1 is 1.03 bits per heavy atom. The van der Waals surface area contributed by atoms with Gasteiger partial charge in [-0.3, -0.25) is 9.59 Å². The van der Waals surface area contributed by atoms with Gasteiger partial charge < -0.3 is 15.3 Å². The fraction of sp³-hybridized carbons (Fsp3) is 0.231. The fourth-order valence-corrected chi connectivity index (χ4v) is 4.43. The number of aryl methyl sites for hydroxylation is 1. The topological polar surface area (TPSA) is 69.6 Å². The van der Waals surface area contributed by atoms with E-state index >= 15 is 0 Å². The summed E-state index contributed by atoms with van der Waals surface area (Å²) in [6.45, 7) is 0.364. The van der Waals surface area contributed by atoms with Crippen molar-refractivity contribution in [3.05, 3.63) is 94.5 Å². The van der Waals surface area contributed by atoms with Crippen LogP contribution in [0.1, 0.15) is 30.1 Å². The predicted molar refractivity (Wildman–Crippen MR) is 129 cm³/mol. The Morgan fingerprint density at radius 2 is 1.72 bits per heavy atom. The molecule has 0 aromatic heterocycles. The minimum absolute atomic E-state index is 0.0515. The summed E-state index contributed by atoms with van der Waals surface area (Å²) in [5, 5.41) is 13.3. The number of amides is 2. The number of nitrogens with one attached hydrogen (secondary N) is 1. The zero-order valence-electron chi connectivity index (χ0n) is 17.6. The lowest BCUT2D eigenvalue weighted by Crippen LogP contribution is -2.28. The molecule has 0 aliphatic carbocycles. The van der Waals surface area contributed by atoms with E-state index < -0.39 is 12.0 Å². The number of aliphatic hydroxyl groups excluding tert-OH is 1. The van der Waals surface area contributed by atoms with Crippen LogP contribution in [0.3, 0.4) is 0 Å². The number of para-hydroxylation sites is 1. The second-order valence-corrected chi connectivity index (χ2v) is 8.86. The third-order valence-corrected chi connectivity index (χ3v) is 6.42. The van der Waals surface area contributed by atoms with Crippen LogP contribution >= 0.6 is 15.9 Å². The van der Waals surface area contributed by atoms with Crippen molar-refractivity contribution in [2.75, 3.05) is 16.8 Å². The summed E-state index contributed by atoms with van der Waals surface area (Å²) in [4.78, 5) is 26.9. The van der Waals surface area contributed by atoms with Gasteiger partial charge in [-0.2, -0.15) is 0 Å². The van der Waals surface area contributed by atoms with E-state index in [9.17, 15) is 14.7 Å². The number of nitrogens with zero attached hydrogens (tertiary/aromatic N) is 1. The van der Waals surface area contributed by atoms with Crippen molar-refractivity contribution in [1.29, 1.82) is 0 Å². The highest BCUT2D eigenvalue weighted by Gasteiger charge is 2.35. The molecule has 1 aliphatic heterocycles. The van der Waals surface area contributed by atoms with Crippen LogP contribution in [0.5, 0.6) is 0 Å². The normalized spacial score (nSPS) is 16.8. The molecular formula is C26H25BrN2O3. The molecule has 0 spiro atoms. The Kier molecular flexibility index (Phi) is 7.02. The zero-order valence-corrected chi connectivity index (χ0v) is 19.2. The molecule has 3 aromatic rings. The van der Waals surface area contributed by atoms with Gasteiger partial charge >= 0.3 is 0 Å². The maximum atomic E-state index is 12.7. The average Bonchev–Trinajstić information content (AvgIpc) is 3.21. The summed E-state index contributed by atoms with van der Waals surface area (Å²) in [5.41, 5.74) is 3.50. The van der Waals surface area contributed by atoms with Gasteiger partial charge in [-0.1, -0.05) is 54.6 Å². The van der Waals surface area contributed by atoms with E-state index in [1.165, 1.54) is 0 Å². The Hall–Kier alpha value is -2.96. The van der Waals surface area contributed by atoms with Crippen LogP contribution < -0.4 is 10.2 Å². The summed E-state index contributed by atoms with van der Waals surface area (Å²) in [6.07, 6.45) is 1.07. The second kappa shape index (κ2) is 10.1. The van der Waals surface area contributed by atoms with Crippen LogP contribution in [0.15, 0.2) is 83.3 Å². The van der Waals surface area contributed by atoms with E-state index in [4.69, 9.17) is 0 Å². The van der Waals surface area contributed by atoms with Gasteiger partial charge in [0.25, 0.3) is 0 Å². The highest BCUT2D eigenvalue weighted by Crippen LogP contribution is 2.31. The lowest BCUT2D eigenvalue weighted by Gasteiger charge is -2.18. The molecule has 6 heteroatoms. The van der Waals surface area contributed by atoms with Gasteiger partial charge in [0.05, 0.1) is 17.7 Å². The van der Waals surface area contributed by atoms with Crippen LogP contribution in [0.2, 0.25) is 0 Å². The van der Waals surface area contributed by atoms with Gasteiger partial charge in [0.15, 0.2) is 0 Å². The summed E-state index contributed by atoms with van der Waals surface area (Å²) in [7, 11) is 0. The molecule has 2 amide bonds. The van der Waals surface area contributed by atoms with Gasteiger partial charge in [-0.05, 0) is 64.2 Å². The minimum atomic E-state index is -0.497. The molecule has 2 atom stereocenters. The molecule has 32 heavy (non-hydrogen) atoms. The van der Waals surface area contributed by atoms with Crippen LogP contribution in [-0.4, -0.2) is 23.5 Å². The van der Waals surface area contributed by atoms with Crippen LogP contribution in [0.25, 0.3) is 0 Å². The Morgan fingerprint density at radius 3 is 2.44 bits per heavy atom. The summed E-state index contributed by atoms with van der Waals surface area (Å²) in [5.74, 6) is -0.597. The van der Waals surface area contributed by atoms with Crippen molar-refractivity contribution in [3.8, 4) is 0 Å². The summed E-state index contributed by atoms with van der Waals surface area (Å²) < 4.78 is 0.836. The lowest BCUT2D eigenvalue weighted by atomic mass is 10.0. The highest BCUT2D eigenvalue weighted by atomic mass is 79.9. The Bertz CT molecular complexity index is 1090. The molecule has 1 fully saturated rings. The number of carbonyl (C=O) groups excluding carboxylic acids is 2. The fourth-order valence-electron chi connectivity index (χ4n) is 3.93. The molecule has 0 radical (unpaired) electrons. The quantitative estimate of drug-likeness (QED) is 0.481. The number of hydrogen-bond donors (Lipinski definition) is 2. The Labute approximate surface area is 196 Å². The standard InChI is InChI=1S/C26H25BrN2O3/c27-22-8-4-5-9-23(22)29-17-20(16-25(29)31)26(32)28-21-13-10-18(11-14-21)12-15-24(30)19-6-2-1-3-7-19/h1-11,13-14,20,24,30H,12,15-17H2,(H,28,32)/t20-,24+/m1/s1. The zero-order chi connectivity index (χ0) is 22.5. The van der Waals surface area contributed by atoms with Crippen molar-refractivity contribution < 1.29 is 14.7 Å². The SMILES string of the molecule is O=C(Nc1ccc(CC[C@H](O)c2ccccc2)cc1)[C@@H]1CC(=O)N(c2ccccc2Br)C1. The van der Waals surface area contributed by atoms with E-state index in [0.29, 0.717) is 18.7 Å². The van der Waals surface area contributed by atoms with Gasteiger partial charge in [0.2, 0.25) is 11.8 Å². The maximum Gasteiger partial charge on any atom is 0.229 e. The van der Waals surface area contributed by atoms with Gasteiger partial charge in [0.1, 0.15) is 0 Å². The van der Waals surface area contributed by atoms with Crippen molar-refractivity contribution in [2.24, 2.45) is 5.92 Å². The first-order valence-electron chi connectivity index (χ1n) is 10.7. The number of anilines is 2. The molecule has 4 rings (SSSR count). The lowest BCUT2D eigenvalue weighted by molar-refractivity contribution is -0.122. The molecule has 3 aromatic carbocycles. The summed E-state index contributed by atoms with van der Waals surface area (Å²) in [6, 6.07) is 24.8. The molecule has 0 unspecified atom stereocenters. The predicted octanol–water partition coefficient (Wildman–Crippen LogP) is 5.11. The van der Waals surface area contributed by atoms with E-state index in [1.54, 1.807) is 4.90 Å². The molecule has 164 valence electrons. The minimum Gasteiger partial charge on any atom is -0.388 e. The summed E-state index contributed by atoms with van der Waals surface area (Å²) >= 11 is 3.48. The number of halogens is 1. The number of carbonyl (C=O) groups is 2. The first kappa shape index (κ1) is 22.2. The van der Waals surface area contributed by atoms with E-state index in [0.717, 1.165) is 27.7 Å². The van der Waals surface area contributed by atoms with Crippen molar-refractivity contribution in [2.45, 2.75) is 25.4 Å². The van der Waals surface area contributed by atoms with Crippen molar-refractivity contribution >= 4 is 39.1 Å². The highest BCUT2D eigenvalue weighted by molar-refractivity contribution is 9.10. The first-order valence-corrected chi connectivity index (χ1v) is 11.5. The molecule has 5 nitrogen and oxygen atoms in total.